The van der Waals surface area contributed by atoms with Crippen LogP contribution >= 0.6 is 0 Å². The highest BCUT2D eigenvalue weighted by Crippen LogP contribution is 2.30. The highest BCUT2D eigenvalue weighted by Gasteiger charge is 2.31. The molecule has 0 amide bonds. The number of nitrogens with zero attached hydrogens (tertiary/aromatic N) is 4. The quantitative estimate of drug-likeness (QED) is 0.629. The Balaban J connectivity index is 1.66. The predicted octanol–water partition coefficient (Wildman–Crippen LogP) is 4.06. The molecule has 0 N–H and O–H groups in total. The summed E-state index contributed by atoms with van der Waals surface area (Å²) in [5.74, 6) is -0.990. The molecule has 3 aromatic rings. The Hall–Kier alpha value is -3.11. The summed E-state index contributed by atoms with van der Waals surface area (Å²) < 4.78 is 72.7. The van der Waals surface area contributed by atoms with Gasteiger partial charge >= 0.3 is 12.6 Å². The zero-order valence-corrected chi connectivity index (χ0v) is 12.7. The Bertz CT molecular complexity index is 880. The minimum absolute atomic E-state index is 0.0656. The van der Waals surface area contributed by atoms with Crippen LogP contribution in [0.5, 0.6) is 5.75 Å². The molecule has 6 nitrogen and oxygen atoms in total. The average molecular weight is 372 g/mol. The molecule has 0 radical (unpaired) electrons. The summed E-state index contributed by atoms with van der Waals surface area (Å²) in [6, 6.07) is 3.80. The van der Waals surface area contributed by atoms with Gasteiger partial charge in [-0.05, 0) is 18.2 Å². The molecule has 3 aromatic heterocycles. The fourth-order valence-electron chi connectivity index (χ4n) is 1.89. The molecule has 0 unspecified atom stereocenters. The highest BCUT2D eigenvalue weighted by molar-refractivity contribution is 5.50. The van der Waals surface area contributed by atoms with Gasteiger partial charge in [0, 0.05) is 12.4 Å². The van der Waals surface area contributed by atoms with Crippen molar-refractivity contribution in [1.29, 1.82) is 0 Å². The smallest absolute Gasteiger partial charge is 0.418 e. The van der Waals surface area contributed by atoms with Gasteiger partial charge in [0.15, 0.2) is 0 Å². The lowest BCUT2D eigenvalue weighted by molar-refractivity contribution is -0.138. The van der Waals surface area contributed by atoms with Crippen molar-refractivity contribution >= 4 is 0 Å². The fourth-order valence-corrected chi connectivity index (χ4v) is 1.89. The van der Waals surface area contributed by atoms with Gasteiger partial charge in [0.2, 0.25) is 5.89 Å². The molecule has 11 heteroatoms. The Morgan fingerprint density at radius 1 is 1.08 bits per heavy atom. The largest absolute Gasteiger partial charge is 0.486 e. The van der Waals surface area contributed by atoms with E-state index in [4.69, 9.17) is 9.15 Å². The minimum atomic E-state index is -4.52. The van der Waals surface area contributed by atoms with Crippen molar-refractivity contribution in [3.05, 3.63) is 53.9 Å². The van der Waals surface area contributed by atoms with E-state index in [0.29, 0.717) is 17.5 Å². The third kappa shape index (κ3) is 4.10. The van der Waals surface area contributed by atoms with Gasteiger partial charge in [-0.15, -0.1) is 10.2 Å². The molecule has 0 bridgehead atoms. The predicted molar refractivity (Wildman–Crippen MR) is 76.1 cm³/mol. The van der Waals surface area contributed by atoms with E-state index in [-0.39, 0.29) is 18.2 Å². The van der Waals surface area contributed by atoms with Crippen molar-refractivity contribution in [2.75, 3.05) is 0 Å². The van der Waals surface area contributed by atoms with Crippen molar-refractivity contribution < 1.29 is 31.1 Å². The first-order chi connectivity index (χ1) is 12.3. The lowest BCUT2D eigenvalue weighted by Gasteiger charge is -2.09. The van der Waals surface area contributed by atoms with E-state index in [0.717, 1.165) is 12.3 Å². The van der Waals surface area contributed by atoms with Crippen molar-refractivity contribution in [1.82, 2.24) is 20.2 Å². The summed E-state index contributed by atoms with van der Waals surface area (Å²) in [6.45, 7) is -0.116. The standard InChI is InChI=1S/C15H9F5N4O2/c16-12(17)14-24-23-13(26-14)8-1-2-10(22-4-8)7-25-11-3-9(5-21-6-11)15(18,19)20/h1-6,12H,7H2. The van der Waals surface area contributed by atoms with E-state index >= 15 is 0 Å². The SMILES string of the molecule is FC(F)c1nnc(-c2ccc(COc3cncc(C(F)(F)F)c3)nc2)o1. The zero-order valence-electron chi connectivity index (χ0n) is 12.7. The van der Waals surface area contributed by atoms with Gasteiger partial charge in [-0.25, -0.2) is 0 Å². The molecule has 3 rings (SSSR count). The number of aromatic nitrogens is 4. The third-order valence-corrected chi connectivity index (χ3v) is 3.13. The van der Waals surface area contributed by atoms with Crippen LogP contribution in [0.4, 0.5) is 22.0 Å². The number of hydrogen-bond acceptors (Lipinski definition) is 6. The van der Waals surface area contributed by atoms with Gasteiger partial charge in [-0.3, -0.25) is 9.97 Å². The number of ether oxygens (including phenoxy) is 1. The summed E-state index contributed by atoms with van der Waals surface area (Å²) in [5, 5.41) is 6.68. The average Bonchev–Trinajstić information content (AvgIpc) is 3.10. The zero-order chi connectivity index (χ0) is 18.7. The molecule has 3 heterocycles. The maximum atomic E-state index is 12.6. The number of alkyl halides is 5. The maximum Gasteiger partial charge on any atom is 0.418 e. The molecule has 26 heavy (non-hydrogen) atoms. The molecule has 0 aromatic carbocycles. The molecule has 0 aliphatic carbocycles. The first-order valence-corrected chi connectivity index (χ1v) is 7.05. The van der Waals surface area contributed by atoms with Crippen molar-refractivity contribution in [2.45, 2.75) is 19.2 Å². The van der Waals surface area contributed by atoms with E-state index in [1.54, 1.807) is 0 Å². The summed E-state index contributed by atoms with van der Waals surface area (Å²) >= 11 is 0. The number of halogens is 5. The Morgan fingerprint density at radius 3 is 2.50 bits per heavy atom. The third-order valence-electron chi connectivity index (χ3n) is 3.13. The van der Waals surface area contributed by atoms with Gasteiger partial charge < -0.3 is 9.15 Å². The second-order valence-electron chi connectivity index (χ2n) is 4.98. The Morgan fingerprint density at radius 2 is 1.88 bits per heavy atom. The normalized spacial score (nSPS) is 11.8. The lowest BCUT2D eigenvalue weighted by Crippen LogP contribution is -2.06. The first kappa shape index (κ1) is 17.7. The summed E-state index contributed by atoms with van der Waals surface area (Å²) in [7, 11) is 0. The number of pyridine rings is 2. The van der Waals surface area contributed by atoms with Crippen LogP contribution in [-0.4, -0.2) is 20.2 Å². The van der Waals surface area contributed by atoms with Crippen LogP contribution in [0.2, 0.25) is 0 Å². The molecule has 0 aliphatic rings. The van der Waals surface area contributed by atoms with E-state index < -0.39 is 24.1 Å². The molecule has 136 valence electrons. The minimum Gasteiger partial charge on any atom is -0.486 e. The lowest BCUT2D eigenvalue weighted by atomic mass is 10.2. The van der Waals surface area contributed by atoms with Crippen LogP contribution in [0.25, 0.3) is 11.5 Å². The van der Waals surface area contributed by atoms with Crippen LogP contribution < -0.4 is 4.74 Å². The molecular weight excluding hydrogens is 363 g/mol. The first-order valence-electron chi connectivity index (χ1n) is 7.05. The van der Waals surface area contributed by atoms with Gasteiger partial charge in [0.25, 0.3) is 5.89 Å². The van der Waals surface area contributed by atoms with Crippen LogP contribution in [-0.2, 0) is 12.8 Å². The maximum absolute atomic E-state index is 12.6. The molecule has 0 saturated carbocycles. The second-order valence-corrected chi connectivity index (χ2v) is 4.98. The van der Waals surface area contributed by atoms with E-state index in [1.807, 2.05) is 0 Å². The van der Waals surface area contributed by atoms with E-state index in [9.17, 15) is 22.0 Å². The number of rotatable bonds is 5. The Labute approximate surface area is 142 Å². The van der Waals surface area contributed by atoms with Crippen LogP contribution in [0, 0.1) is 0 Å². The van der Waals surface area contributed by atoms with Crippen LogP contribution in [0.3, 0.4) is 0 Å². The monoisotopic (exact) mass is 372 g/mol. The van der Waals surface area contributed by atoms with Crippen LogP contribution in [0.15, 0.2) is 41.2 Å². The van der Waals surface area contributed by atoms with Gasteiger partial charge in [0.05, 0.1) is 23.0 Å². The molecule has 0 saturated heterocycles. The molecule has 0 spiro atoms. The highest BCUT2D eigenvalue weighted by atomic mass is 19.4. The van der Waals surface area contributed by atoms with E-state index in [2.05, 4.69) is 20.2 Å². The van der Waals surface area contributed by atoms with Gasteiger partial charge in [0.1, 0.15) is 12.4 Å². The molecular formula is C15H9F5N4O2. The Kier molecular flexibility index (Phi) is 4.78. The van der Waals surface area contributed by atoms with Gasteiger partial charge in [-0.1, -0.05) is 0 Å². The summed E-state index contributed by atoms with van der Waals surface area (Å²) in [5.41, 5.74) is -0.224. The van der Waals surface area contributed by atoms with Crippen molar-refractivity contribution in [3.63, 3.8) is 0 Å². The topological polar surface area (TPSA) is 73.9 Å². The molecule has 0 atom stereocenters. The van der Waals surface area contributed by atoms with Crippen LogP contribution in [0.1, 0.15) is 23.6 Å². The second kappa shape index (κ2) is 7.02. The molecule has 0 fully saturated rings. The summed E-state index contributed by atoms with van der Waals surface area (Å²) in [6.07, 6.45) is -4.26. The fraction of sp³-hybridized carbons (Fsp3) is 0.200. The van der Waals surface area contributed by atoms with Gasteiger partial charge in [-0.2, -0.15) is 22.0 Å². The van der Waals surface area contributed by atoms with Crippen molar-refractivity contribution in [2.24, 2.45) is 0 Å². The van der Waals surface area contributed by atoms with E-state index in [1.165, 1.54) is 18.3 Å². The number of hydrogen-bond donors (Lipinski definition) is 0. The summed E-state index contributed by atoms with van der Waals surface area (Å²) in [4.78, 5) is 7.49. The molecule has 0 aliphatic heterocycles. The van der Waals surface area contributed by atoms with Crippen molar-refractivity contribution in [3.8, 4) is 17.2 Å².